The van der Waals surface area contributed by atoms with E-state index < -0.39 is 12.0 Å². The summed E-state index contributed by atoms with van der Waals surface area (Å²) in [5, 5.41) is 14.4. The molecule has 3 N–H and O–H groups in total. The molecule has 0 spiro atoms. The van der Waals surface area contributed by atoms with Gasteiger partial charge in [-0.3, -0.25) is 4.79 Å². The van der Waals surface area contributed by atoms with Gasteiger partial charge in [-0.25, -0.2) is 9.59 Å². The van der Waals surface area contributed by atoms with Gasteiger partial charge in [0.15, 0.2) is 0 Å². The zero-order valence-corrected chi connectivity index (χ0v) is 10.5. The number of carbonyl (C=O) groups is 3. The number of nitrogens with zero attached hydrogens (tertiary/aromatic N) is 1. The highest BCUT2D eigenvalue weighted by Crippen LogP contribution is 2.21. The number of carboxylic acids is 1. The van der Waals surface area contributed by atoms with E-state index in [4.69, 9.17) is 5.11 Å². The van der Waals surface area contributed by atoms with Gasteiger partial charge in [-0.1, -0.05) is 0 Å². The molecule has 3 amide bonds. The predicted octanol–water partition coefficient (Wildman–Crippen LogP) is -0.566. The van der Waals surface area contributed by atoms with Crippen LogP contribution in [0.2, 0.25) is 0 Å². The van der Waals surface area contributed by atoms with Gasteiger partial charge in [-0.05, 0) is 6.42 Å². The maximum absolute atomic E-state index is 11.9. The molecule has 2 aliphatic rings. The van der Waals surface area contributed by atoms with Gasteiger partial charge in [0.25, 0.3) is 0 Å². The van der Waals surface area contributed by atoms with Gasteiger partial charge >= 0.3 is 12.0 Å². The van der Waals surface area contributed by atoms with Crippen molar-refractivity contribution in [3.05, 3.63) is 0 Å². The monoisotopic (exact) mass is 273 g/mol. The Kier molecular flexibility index (Phi) is 3.95. The molecular weight excluding hydrogens is 258 g/mol. The molecule has 0 radical (unpaired) electrons. The van der Waals surface area contributed by atoms with Crippen LogP contribution in [0.1, 0.15) is 12.8 Å². The Labute approximate surface area is 108 Å². The second kappa shape index (κ2) is 5.47. The third-order valence-electron chi connectivity index (χ3n) is 3.02. The van der Waals surface area contributed by atoms with E-state index in [9.17, 15) is 14.4 Å². The highest BCUT2D eigenvalue weighted by atomic mass is 32.2. The second-order valence-corrected chi connectivity index (χ2v) is 5.31. The molecule has 100 valence electrons. The molecule has 2 fully saturated rings. The van der Waals surface area contributed by atoms with Crippen LogP contribution in [0.4, 0.5) is 4.79 Å². The van der Waals surface area contributed by atoms with Gasteiger partial charge in [0.2, 0.25) is 5.91 Å². The first-order chi connectivity index (χ1) is 8.58. The number of hydrogen-bond acceptors (Lipinski definition) is 4. The third kappa shape index (κ3) is 2.87. The van der Waals surface area contributed by atoms with Crippen molar-refractivity contribution in [1.29, 1.82) is 0 Å². The first kappa shape index (κ1) is 13.0. The summed E-state index contributed by atoms with van der Waals surface area (Å²) in [5.74, 6) is -0.181. The average molecular weight is 273 g/mol. The van der Waals surface area contributed by atoms with Gasteiger partial charge in [0.1, 0.15) is 6.04 Å². The third-order valence-corrected chi connectivity index (χ3v) is 4.03. The number of nitrogens with one attached hydrogen (secondary N) is 2. The summed E-state index contributed by atoms with van der Waals surface area (Å²) in [6.07, 6.45) is 0.984. The highest BCUT2D eigenvalue weighted by Gasteiger charge is 2.35. The van der Waals surface area contributed by atoms with Crippen molar-refractivity contribution >= 4 is 29.7 Å². The van der Waals surface area contributed by atoms with Gasteiger partial charge < -0.3 is 20.6 Å². The highest BCUT2D eigenvalue weighted by molar-refractivity contribution is 7.99. The molecular formula is C10H15N3O4S. The molecule has 2 rings (SSSR count). The van der Waals surface area contributed by atoms with Crippen molar-refractivity contribution in [2.24, 2.45) is 0 Å². The molecule has 0 aromatic rings. The zero-order chi connectivity index (χ0) is 13.1. The Morgan fingerprint density at radius 1 is 1.50 bits per heavy atom. The van der Waals surface area contributed by atoms with Crippen molar-refractivity contribution in [2.75, 3.05) is 18.2 Å². The standard InChI is InChI=1S/C10H15N3O4S/c14-8-2-1-6(3-11-8)12-10(17)13-5-18-4-7(13)9(15)16/h6-7H,1-5H2,(H,11,14)(H,12,17)(H,15,16)/t6?,7-/m0/s1. The Morgan fingerprint density at radius 2 is 2.28 bits per heavy atom. The number of hydrogen-bond donors (Lipinski definition) is 3. The van der Waals surface area contributed by atoms with Crippen LogP contribution in [0.25, 0.3) is 0 Å². The van der Waals surface area contributed by atoms with Crippen LogP contribution in [0.3, 0.4) is 0 Å². The second-order valence-electron chi connectivity index (χ2n) is 4.31. The lowest BCUT2D eigenvalue weighted by molar-refractivity contribution is -0.140. The topological polar surface area (TPSA) is 98.7 Å². The van der Waals surface area contributed by atoms with Crippen LogP contribution in [0.15, 0.2) is 0 Å². The smallest absolute Gasteiger partial charge is 0.327 e. The largest absolute Gasteiger partial charge is 0.480 e. The SMILES string of the molecule is O=C1CCC(NC(=O)N2CSC[C@H]2C(=O)O)CN1. The molecule has 2 heterocycles. The Bertz CT molecular complexity index is 366. The minimum absolute atomic E-state index is 0.0133. The van der Waals surface area contributed by atoms with Crippen molar-refractivity contribution in [2.45, 2.75) is 24.9 Å². The van der Waals surface area contributed by atoms with Gasteiger partial charge in [-0.15, -0.1) is 11.8 Å². The summed E-state index contributed by atoms with van der Waals surface area (Å²) in [7, 11) is 0. The summed E-state index contributed by atoms with van der Waals surface area (Å²) < 4.78 is 0. The number of urea groups is 1. The molecule has 0 saturated carbocycles. The molecule has 0 aromatic carbocycles. The summed E-state index contributed by atoms with van der Waals surface area (Å²) in [6, 6.07) is -1.24. The van der Waals surface area contributed by atoms with Crippen LogP contribution in [-0.4, -0.2) is 58.2 Å². The summed E-state index contributed by atoms with van der Waals surface area (Å²) in [6.45, 7) is 0.406. The van der Waals surface area contributed by atoms with E-state index in [2.05, 4.69) is 10.6 Å². The Balaban J connectivity index is 1.87. The van der Waals surface area contributed by atoms with Crippen LogP contribution in [0.5, 0.6) is 0 Å². The minimum Gasteiger partial charge on any atom is -0.480 e. The fraction of sp³-hybridized carbons (Fsp3) is 0.700. The van der Waals surface area contributed by atoms with Crippen LogP contribution < -0.4 is 10.6 Å². The maximum Gasteiger partial charge on any atom is 0.327 e. The maximum atomic E-state index is 11.9. The van der Waals surface area contributed by atoms with Gasteiger partial charge in [0.05, 0.1) is 5.88 Å². The van der Waals surface area contributed by atoms with E-state index in [-0.39, 0.29) is 18.0 Å². The van der Waals surface area contributed by atoms with Crippen molar-refractivity contribution in [1.82, 2.24) is 15.5 Å². The van der Waals surface area contributed by atoms with Crippen molar-refractivity contribution in [3.8, 4) is 0 Å². The number of carboxylic acid groups (broad SMARTS) is 1. The zero-order valence-electron chi connectivity index (χ0n) is 9.72. The van der Waals surface area contributed by atoms with Crippen LogP contribution in [-0.2, 0) is 9.59 Å². The van der Waals surface area contributed by atoms with Crippen LogP contribution in [0, 0.1) is 0 Å². The van der Waals surface area contributed by atoms with E-state index in [0.29, 0.717) is 31.0 Å². The summed E-state index contributed by atoms with van der Waals surface area (Å²) >= 11 is 1.42. The van der Waals surface area contributed by atoms with E-state index in [1.54, 1.807) is 0 Å². The number of piperidine rings is 1. The molecule has 18 heavy (non-hydrogen) atoms. The molecule has 7 nitrogen and oxygen atoms in total. The first-order valence-electron chi connectivity index (χ1n) is 5.72. The molecule has 8 heteroatoms. The number of aliphatic carboxylic acids is 1. The summed E-state index contributed by atoms with van der Waals surface area (Å²) in [5.41, 5.74) is 0. The molecule has 2 aliphatic heterocycles. The normalized spacial score (nSPS) is 27.8. The quantitative estimate of drug-likeness (QED) is 0.626. The number of amides is 3. The molecule has 0 aliphatic carbocycles. The molecule has 2 atom stereocenters. The fourth-order valence-corrected chi connectivity index (χ4v) is 3.11. The Hall–Kier alpha value is -1.44. The number of rotatable bonds is 2. The first-order valence-corrected chi connectivity index (χ1v) is 6.88. The molecule has 0 bridgehead atoms. The lowest BCUT2D eigenvalue weighted by Gasteiger charge is -2.27. The van der Waals surface area contributed by atoms with E-state index in [1.807, 2.05) is 0 Å². The van der Waals surface area contributed by atoms with Gasteiger partial charge in [0, 0.05) is 24.8 Å². The lowest BCUT2D eigenvalue weighted by atomic mass is 10.1. The predicted molar refractivity (Wildman–Crippen MR) is 65.2 cm³/mol. The minimum atomic E-state index is -0.980. The number of thioether (sulfide) groups is 1. The van der Waals surface area contributed by atoms with E-state index in [0.717, 1.165) is 0 Å². The fourth-order valence-electron chi connectivity index (χ4n) is 1.96. The Morgan fingerprint density at radius 3 is 2.89 bits per heavy atom. The van der Waals surface area contributed by atoms with Gasteiger partial charge in [-0.2, -0.15) is 0 Å². The van der Waals surface area contributed by atoms with Crippen LogP contribution >= 0.6 is 11.8 Å². The average Bonchev–Trinajstić information content (AvgIpc) is 2.81. The van der Waals surface area contributed by atoms with Crippen molar-refractivity contribution < 1.29 is 19.5 Å². The molecule has 1 unspecified atom stereocenters. The number of carbonyl (C=O) groups excluding carboxylic acids is 2. The van der Waals surface area contributed by atoms with Crippen molar-refractivity contribution in [3.63, 3.8) is 0 Å². The lowest BCUT2D eigenvalue weighted by Crippen LogP contribution is -2.54. The summed E-state index contributed by atoms with van der Waals surface area (Å²) in [4.78, 5) is 35.2. The van der Waals surface area contributed by atoms with E-state index >= 15 is 0 Å². The van der Waals surface area contributed by atoms with E-state index in [1.165, 1.54) is 16.7 Å². The molecule has 0 aromatic heterocycles. The molecule has 2 saturated heterocycles.